The van der Waals surface area contributed by atoms with Crippen LogP contribution in [-0.4, -0.2) is 65.5 Å². The summed E-state index contributed by atoms with van der Waals surface area (Å²) < 4.78 is 39.2. The first-order chi connectivity index (χ1) is 17.8. The van der Waals surface area contributed by atoms with Crippen LogP contribution in [-0.2, 0) is 19.2 Å². The lowest BCUT2D eigenvalue weighted by Gasteiger charge is -2.33. The van der Waals surface area contributed by atoms with Crippen molar-refractivity contribution in [2.75, 3.05) is 6.54 Å². The maximum Gasteiger partial charge on any atom is 0.471 e. The number of hydrogen-bond acceptors (Lipinski definition) is 4. The Labute approximate surface area is 220 Å². The number of carbonyl (C=O) groups is 4. The first-order valence-electron chi connectivity index (χ1n) is 13.5. The van der Waals surface area contributed by atoms with Gasteiger partial charge in [0.2, 0.25) is 17.7 Å². The van der Waals surface area contributed by atoms with E-state index >= 15 is 0 Å². The van der Waals surface area contributed by atoms with Gasteiger partial charge >= 0.3 is 12.1 Å². The predicted octanol–water partition coefficient (Wildman–Crippen LogP) is 2.52. The lowest BCUT2D eigenvalue weighted by atomic mass is 9.95. The molecule has 3 saturated heterocycles. The molecule has 38 heavy (non-hydrogen) atoms. The highest BCUT2D eigenvalue weighted by molar-refractivity contribution is 5.94. The molecule has 0 radical (unpaired) electrons. The van der Waals surface area contributed by atoms with Crippen LogP contribution in [0.2, 0.25) is 0 Å². The minimum Gasteiger partial charge on any atom is -0.353 e. The van der Waals surface area contributed by atoms with Gasteiger partial charge in [0.15, 0.2) is 0 Å². The van der Waals surface area contributed by atoms with E-state index in [1.165, 1.54) is 4.90 Å². The highest BCUT2D eigenvalue weighted by Gasteiger charge is 2.69. The van der Waals surface area contributed by atoms with Crippen LogP contribution in [0.25, 0.3) is 4.85 Å². The summed E-state index contributed by atoms with van der Waals surface area (Å²) in [5.41, 5.74) is -0.243. The topological polar surface area (TPSA) is 112 Å². The van der Waals surface area contributed by atoms with Crippen LogP contribution in [0.5, 0.6) is 0 Å². The van der Waals surface area contributed by atoms with Crippen LogP contribution in [0.1, 0.15) is 71.6 Å². The van der Waals surface area contributed by atoms with Gasteiger partial charge in [-0.2, -0.15) is 13.2 Å². The van der Waals surface area contributed by atoms with E-state index < -0.39 is 48.1 Å². The number of halogens is 3. The van der Waals surface area contributed by atoms with E-state index in [0.717, 1.165) is 25.7 Å². The van der Waals surface area contributed by atoms with Crippen molar-refractivity contribution in [1.29, 1.82) is 0 Å². The number of amides is 4. The molecule has 12 heteroatoms. The van der Waals surface area contributed by atoms with E-state index in [-0.39, 0.29) is 48.6 Å². The van der Waals surface area contributed by atoms with Gasteiger partial charge in [-0.05, 0) is 36.5 Å². The molecule has 1 unspecified atom stereocenters. The fourth-order valence-electron chi connectivity index (χ4n) is 6.67. The quantitative estimate of drug-likeness (QED) is 0.445. The number of carbonyl (C=O) groups excluding carboxylic acids is 4. The number of rotatable bonds is 1. The number of nitrogens with one attached hydrogen (secondary N) is 3. The standard InChI is InChI=1S/C26H36F3N5O4/c1-25(2)16-13-34-20(19(16)25)22(36)33-18(30-3)12-14-11-15(31-21(14)35)9-7-5-4-6-8-10-17(23(34)37)32-24(38)26(27,28)29/h14-20H,4-13H2,1-2H3,(H,31,35)(H,32,38)(H,33,36)/t14?,15-,16+,17+,18+,19+,20+/m1/s1. The molecule has 4 fully saturated rings. The first kappa shape index (κ1) is 28.2. The molecule has 4 amide bonds. The molecule has 2 bridgehead atoms. The normalized spacial score (nSPS) is 36.1. The predicted molar refractivity (Wildman–Crippen MR) is 130 cm³/mol. The Kier molecular flexibility index (Phi) is 7.96. The second-order valence-electron chi connectivity index (χ2n) is 11.8. The van der Waals surface area contributed by atoms with Gasteiger partial charge in [-0.3, -0.25) is 29.3 Å². The SMILES string of the molecule is [C-]#[N+][C@@H]1CC2C[C@@H](CCCCCCC[C@H](NC(=O)C(F)(F)F)C(=O)N3C[C@H]4[C@@H]([C@H]3C(=O)N1)C4(C)C)NC2=O. The Bertz CT molecular complexity index is 1010. The Morgan fingerprint density at radius 2 is 1.68 bits per heavy atom. The molecule has 4 aliphatic rings. The van der Waals surface area contributed by atoms with Crippen LogP contribution >= 0.6 is 0 Å². The molecular weight excluding hydrogens is 503 g/mol. The molecule has 1 saturated carbocycles. The molecule has 0 aromatic rings. The fraction of sp³-hybridized carbons (Fsp3) is 0.808. The smallest absolute Gasteiger partial charge is 0.353 e. The van der Waals surface area contributed by atoms with Gasteiger partial charge in [0, 0.05) is 18.5 Å². The molecule has 0 aromatic heterocycles. The van der Waals surface area contributed by atoms with E-state index in [1.807, 2.05) is 19.2 Å². The molecule has 3 heterocycles. The maximum atomic E-state index is 13.6. The summed E-state index contributed by atoms with van der Waals surface area (Å²) in [5.74, 6) is -4.17. The van der Waals surface area contributed by atoms with Gasteiger partial charge in [-0.15, -0.1) is 0 Å². The van der Waals surface area contributed by atoms with Crippen molar-refractivity contribution in [3.63, 3.8) is 0 Å². The van der Waals surface area contributed by atoms with Crippen molar-refractivity contribution >= 4 is 23.6 Å². The second-order valence-corrected chi connectivity index (χ2v) is 11.8. The molecule has 4 rings (SSSR count). The molecule has 7 atom stereocenters. The van der Waals surface area contributed by atoms with E-state index in [0.29, 0.717) is 19.3 Å². The van der Waals surface area contributed by atoms with Crippen molar-refractivity contribution < 1.29 is 32.3 Å². The summed E-state index contributed by atoms with van der Waals surface area (Å²) in [6.45, 7) is 11.7. The van der Waals surface area contributed by atoms with Crippen molar-refractivity contribution in [3.05, 3.63) is 11.4 Å². The third kappa shape index (κ3) is 5.76. The van der Waals surface area contributed by atoms with E-state index in [1.54, 1.807) is 0 Å². The molecule has 0 spiro atoms. The molecule has 3 N–H and O–H groups in total. The zero-order valence-corrected chi connectivity index (χ0v) is 21.8. The van der Waals surface area contributed by atoms with Gasteiger partial charge in [0.25, 0.3) is 6.17 Å². The number of piperidine rings is 1. The summed E-state index contributed by atoms with van der Waals surface area (Å²) in [7, 11) is 0. The van der Waals surface area contributed by atoms with Crippen LogP contribution in [0.3, 0.4) is 0 Å². The molecule has 1 aliphatic carbocycles. The Morgan fingerprint density at radius 3 is 2.34 bits per heavy atom. The van der Waals surface area contributed by atoms with Gasteiger partial charge in [-0.25, -0.2) is 6.57 Å². The summed E-state index contributed by atoms with van der Waals surface area (Å²) in [5, 5.41) is 7.57. The Morgan fingerprint density at radius 1 is 1.03 bits per heavy atom. The molecule has 3 aliphatic heterocycles. The highest BCUT2D eigenvalue weighted by atomic mass is 19.4. The number of fused-ring (bicyclic) bond motifs is 5. The summed E-state index contributed by atoms with van der Waals surface area (Å²) in [6, 6.07) is -2.33. The van der Waals surface area contributed by atoms with Gasteiger partial charge < -0.3 is 15.5 Å². The van der Waals surface area contributed by atoms with E-state index in [2.05, 4.69) is 15.5 Å². The maximum absolute atomic E-state index is 13.6. The molecule has 9 nitrogen and oxygen atoms in total. The molecule has 210 valence electrons. The van der Waals surface area contributed by atoms with Crippen LogP contribution in [0.4, 0.5) is 13.2 Å². The van der Waals surface area contributed by atoms with Crippen LogP contribution in [0, 0.1) is 29.7 Å². The fourth-order valence-corrected chi connectivity index (χ4v) is 6.67. The Balaban J connectivity index is 1.57. The third-order valence-corrected chi connectivity index (χ3v) is 8.93. The second kappa shape index (κ2) is 10.7. The van der Waals surface area contributed by atoms with E-state index in [9.17, 15) is 32.3 Å². The van der Waals surface area contributed by atoms with Gasteiger partial charge in [0.05, 0.1) is 6.42 Å². The van der Waals surface area contributed by atoms with Crippen LogP contribution in [0.15, 0.2) is 0 Å². The monoisotopic (exact) mass is 539 g/mol. The van der Waals surface area contributed by atoms with Gasteiger partial charge in [-0.1, -0.05) is 46.0 Å². The third-order valence-electron chi connectivity index (χ3n) is 8.93. The lowest BCUT2D eigenvalue weighted by molar-refractivity contribution is -0.175. The average molecular weight is 540 g/mol. The first-order valence-corrected chi connectivity index (χ1v) is 13.5. The van der Waals surface area contributed by atoms with Crippen molar-refractivity contribution in [2.24, 2.45) is 23.2 Å². The van der Waals surface area contributed by atoms with Gasteiger partial charge in [0.1, 0.15) is 12.1 Å². The summed E-state index contributed by atoms with van der Waals surface area (Å²) in [4.78, 5) is 56.1. The lowest BCUT2D eigenvalue weighted by Crippen LogP contribution is -2.57. The highest BCUT2D eigenvalue weighted by Crippen LogP contribution is 2.65. The molecule has 0 aromatic carbocycles. The minimum absolute atomic E-state index is 0.0111. The van der Waals surface area contributed by atoms with Crippen molar-refractivity contribution in [3.8, 4) is 0 Å². The minimum atomic E-state index is -5.13. The summed E-state index contributed by atoms with van der Waals surface area (Å²) in [6.07, 6.45) is -0.844. The number of alkyl halides is 3. The van der Waals surface area contributed by atoms with Crippen LogP contribution < -0.4 is 16.0 Å². The molecular formula is C26H36F3N5O4. The van der Waals surface area contributed by atoms with Crippen molar-refractivity contribution in [1.82, 2.24) is 20.9 Å². The van der Waals surface area contributed by atoms with E-state index in [4.69, 9.17) is 6.57 Å². The largest absolute Gasteiger partial charge is 0.471 e. The Hall–Kier alpha value is -2.84. The zero-order valence-electron chi connectivity index (χ0n) is 21.8. The average Bonchev–Trinajstić information content (AvgIpc) is 3.16. The number of hydrogen-bond donors (Lipinski definition) is 3. The van der Waals surface area contributed by atoms with Crippen molar-refractivity contribution in [2.45, 2.75) is 102 Å². The zero-order chi connectivity index (χ0) is 27.8. The number of nitrogens with zero attached hydrogens (tertiary/aromatic N) is 2. The summed E-state index contributed by atoms with van der Waals surface area (Å²) >= 11 is 0.